The maximum atomic E-state index is 13.7. The molecule has 1 aliphatic heterocycles. The maximum Gasteiger partial charge on any atom is 0.271 e. The van der Waals surface area contributed by atoms with Crippen molar-refractivity contribution in [1.82, 2.24) is 15.2 Å². The second-order valence-electron chi connectivity index (χ2n) is 9.97. The van der Waals surface area contributed by atoms with Crippen LogP contribution in [0.3, 0.4) is 0 Å². The molecule has 5 nitrogen and oxygen atoms in total. The fourth-order valence-electron chi connectivity index (χ4n) is 4.85. The van der Waals surface area contributed by atoms with Crippen molar-refractivity contribution in [3.05, 3.63) is 51.5 Å². The van der Waals surface area contributed by atoms with E-state index < -0.39 is 11.6 Å². The minimum Gasteiger partial charge on any atom is -0.346 e. The van der Waals surface area contributed by atoms with Gasteiger partial charge in [-0.05, 0) is 29.7 Å². The van der Waals surface area contributed by atoms with Crippen LogP contribution >= 0.6 is 11.3 Å². The fraction of sp³-hybridized carbons (Fsp3) is 0.542. The average molecular weight is 462 g/mol. The summed E-state index contributed by atoms with van der Waals surface area (Å²) in [6.45, 7) is 10.0. The molecule has 2 heterocycles. The number of nitrogens with one attached hydrogen (secondary N) is 1. The number of nitrogens with zero attached hydrogens (tertiary/aromatic N) is 2. The summed E-state index contributed by atoms with van der Waals surface area (Å²) in [5, 5.41) is 5.24. The van der Waals surface area contributed by atoms with Crippen molar-refractivity contribution in [2.45, 2.75) is 53.0 Å². The molecule has 1 saturated carbocycles. The highest BCUT2D eigenvalue weighted by Gasteiger charge is 2.68. The van der Waals surface area contributed by atoms with E-state index in [2.05, 4.69) is 38.0 Å². The van der Waals surface area contributed by atoms with Crippen molar-refractivity contribution >= 4 is 23.2 Å². The molecule has 172 valence electrons. The van der Waals surface area contributed by atoms with Crippen LogP contribution in [0.2, 0.25) is 0 Å². The second-order valence-corrected chi connectivity index (χ2v) is 10.9. The summed E-state index contributed by atoms with van der Waals surface area (Å²) in [5.74, 6) is -1.18. The van der Waals surface area contributed by atoms with Crippen LogP contribution in [0, 0.1) is 28.4 Å². The largest absolute Gasteiger partial charge is 0.346 e. The Morgan fingerprint density at radius 2 is 1.81 bits per heavy atom. The lowest BCUT2D eigenvalue weighted by Crippen LogP contribution is -2.40. The van der Waals surface area contributed by atoms with E-state index in [1.54, 1.807) is 5.38 Å². The van der Waals surface area contributed by atoms with Crippen LogP contribution in [0.25, 0.3) is 0 Å². The molecular formula is C24H29F2N3O2S. The molecule has 1 N–H and O–H groups in total. The molecule has 1 aromatic heterocycles. The molecule has 8 heteroatoms. The first-order valence-electron chi connectivity index (χ1n) is 11.0. The van der Waals surface area contributed by atoms with Crippen LogP contribution in [0.15, 0.2) is 23.6 Å². The number of amides is 2. The van der Waals surface area contributed by atoms with E-state index in [0.29, 0.717) is 18.8 Å². The number of benzene rings is 1. The van der Waals surface area contributed by atoms with E-state index in [0.717, 1.165) is 30.0 Å². The van der Waals surface area contributed by atoms with Gasteiger partial charge in [0.15, 0.2) is 0 Å². The molecule has 32 heavy (non-hydrogen) atoms. The highest BCUT2D eigenvalue weighted by atomic mass is 32.1. The summed E-state index contributed by atoms with van der Waals surface area (Å²) in [5.41, 5.74) is 0.590. The number of hydrogen-bond acceptors (Lipinski definition) is 4. The summed E-state index contributed by atoms with van der Waals surface area (Å²) >= 11 is 1.44. The molecule has 2 aromatic rings. The molecule has 2 fully saturated rings. The summed E-state index contributed by atoms with van der Waals surface area (Å²) in [7, 11) is 0. The summed E-state index contributed by atoms with van der Waals surface area (Å²) in [6.07, 6.45) is 1.66. The number of halogens is 2. The van der Waals surface area contributed by atoms with E-state index in [4.69, 9.17) is 0 Å². The Morgan fingerprint density at radius 3 is 2.41 bits per heavy atom. The fourth-order valence-corrected chi connectivity index (χ4v) is 5.82. The maximum absolute atomic E-state index is 13.7. The van der Waals surface area contributed by atoms with Gasteiger partial charge in [-0.3, -0.25) is 9.59 Å². The zero-order chi connectivity index (χ0) is 23.3. The Bertz CT molecular complexity index is 1030. The molecular weight excluding hydrogens is 432 g/mol. The van der Waals surface area contributed by atoms with E-state index in [-0.39, 0.29) is 46.6 Å². The second kappa shape index (κ2) is 8.21. The molecule has 1 saturated heterocycles. The summed E-state index contributed by atoms with van der Waals surface area (Å²) < 4.78 is 26.8. The van der Waals surface area contributed by atoms with Crippen molar-refractivity contribution in [3.63, 3.8) is 0 Å². The third-order valence-electron chi connectivity index (χ3n) is 7.63. The number of carbonyl (C=O) groups is 2. The first-order chi connectivity index (χ1) is 15.0. The molecule has 0 unspecified atom stereocenters. The van der Waals surface area contributed by atoms with Crippen molar-refractivity contribution in [3.8, 4) is 0 Å². The molecule has 0 spiro atoms. The lowest BCUT2D eigenvalue weighted by atomic mass is 9.96. The summed E-state index contributed by atoms with van der Waals surface area (Å²) in [4.78, 5) is 31.9. The van der Waals surface area contributed by atoms with Crippen LogP contribution in [0.4, 0.5) is 8.78 Å². The Balaban J connectivity index is 1.31. The van der Waals surface area contributed by atoms with Crippen LogP contribution in [0.5, 0.6) is 0 Å². The molecule has 1 aromatic carbocycles. The van der Waals surface area contributed by atoms with Crippen LogP contribution in [0.1, 0.15) is 67.5 Å². The molecule has 1 aliphatic carbocycles. The monoisotopic (exact) mass is 461 g/mol. The molecule has 2 aliphatic rings. The zero-order valence-corrected chi connectivity index (χ0v) is 19.7. The molecule has 0 atom stereocenters. The van der Waals surface area contributed by atoms with Crippen molar-refractivity contribution < 1.29 is 18.4 Å². The van der Waals surface area contributed by atoms with Crippen molar-refractivity contribution in [2.24, 2.45) is 16.7 Å². The Morgan fingerprint density at radius 1 is 1.16 bits per heavy atom. The average Bonchev–Trinajstić information content (AvgIpc) is 3.07. The van der Waals surface area contributed by atoms with Gasteiger partial charge in [0.2, 0.25) is 5.91 Å². The highest BCUT2D eigenvalue weighted by Crippen LogP contribution is 2.68. The number of rotatable bonds is 5. The number of hydrogen-bond donors (Lipinski definition) is 1. The van der Waals surface area contributed by atoms with Gasteiger partial charge in [0, 0.05) is 48.5 Å². The highest BCUT2D eigenvalue weighted by molar-refractivity contribution is 7.09. The first kappa shape index (κ1) is 22.8. The molecule has 0 bridgehead atoms. The SMILES string of the molecule is CC1(C)C(C(=O)N2CCC(c3nc(C(=O)NCc4ccc(F)cc4F)cs3)CC2)C1(C)C. The third kappa shape index (κ3) is 4.05. The number of thiazole rings is 1. The number of likely N-dealkylation sites (tertiary alicyclic amines) is 1. The van der Waals surface area contributed by atoms with Crippen LogP contribution < -0.4 is 5.32 Å². The number of aromatic nitrogens is 1. The van der Waals surface area contributed by atoms with Gasteiger partial charge >= 0.3 is 0 Å². The normalized spacial score (nSPS) is 20.2. The van der Waals surface area contributed by atoms with Gasteiger partial charge in [0.25, 0.3) is 5.91 Å². The quantitative estimate of drug-likeness (QED) is 0.700. The van der Waals surface area contributed by atoms with Crippen molar-refractivity contribution in [1.29, 1.82) is 0 Å². The Kier molecular flexibility index (Phi) is 5.86. The predicted molar refractivity (Wildman–Crippen MR) is 119 cm³/mol. The van der Waals surface area contributed by atoms with E-state index in [1.165, 1.54) is 17.4 Å². The smallest absolute Gasteiger partial charge is 0.271 e. The van der Waals surface area contributed by atoms with Crippen LogP contribution in [-0.2, 0) is 11.3 Å². The number of carbonyl (C=O) groups excluding carboxylic acids is 2. The Labute approximate surface area is 191 Å². The van der Waals surface area contributed by atoms with E-state index in [9.17, 15) is 18.4 Å². The standard InChI is InChI=1S/C24H29F2N3O2S/c1-23(2)19(24(23,3)4)22(31)29-9-7-14(8-10-29)21-28-18(13-32-21)20(30)27-12-15-5-6-16(25)11-17(15)26/h5-6,11,13-14,19H,7-10,12H2,1-4H3,(H,27,30). The lowest BCUT2D eigenvalue weighted by molar-refractivity contribution is -0.134. The molecule has 2 amide bonds. The predicted octanol–water partition coefficient (Wildman–Crippen LogP) is 4.74. The van der Waals surface area contributed by atoms with Gasteiger partial charge in [0.05, 0.1) is 5.01 Å². The minimum absolute atomic E-state index is 0.0355. The topological polar surface area (TPSA) is 62.3 Å². The van der Waals surface area contributed by atoms with E-state index in [1.807, 2.05) is 4.90 Å². The summed E-state index contributed by atoms with van der Waals surface area (Å²) in [6, 6.07) is 3.27. The van der Waals surface area contributed by atoms with Gasteiger partial charge in [-0.2, -0.15) is 0 Å². The van der Waals surface area contributed by atoms with Gasteiger partial charge in [-0.15, -0.1) is 11.3 Å². The molecule has 0 radical (unpaired) electrons. The van der Waals surface area contributed by atoms with Gasteiger partial charge in [-0.25, -0.2) is 13.8 Å². The Hall–Kier alpha value is -2.35. The minimum atomic E-state index is -0.691. The van der Waals surface area contributed by atoms with Gasteiger partial charge < -0.3 is 10.2 Å². The number of piperidine rings is 1. The lowest BCUT2D eigenvalue weighted by Gasteiger charge is -2.31. The van der Waals surface area contributed by atoms with Crippen molar-refractivity contribution in [2.75, 3.05) is 13.1 Å². The third-order valence-corrected chi connectivity index (χ3v) is 8.64. The van der Waals surface area contributed by atoms with Crippen LogP contribution in [-0.4, -0.2) is 34.8 Å². The first-order valence-corrected chi connectivity index (χ1v) is 11.9. The van der Waals surface area contributed by atoms with E-state index >= 15 is 0 Å². The van der Waals surface area contributed by atoms with Gasteiger partial charge in [-0.1, -0.05) is 33.8 Å². The molecule has 4 rings (SSSR count). The van der Waals surface area contributed by atoms with Gasteiger partial charge in [0.1, 0.15) is 17.3 Å². The zero-order valence-electron chi connectivity index (χ0n) is 18.9.